The number of benzene rings is 2. The van der Waals surface area contributed by atoms with Crippen LogP contribution in [0.3, 0.4) is 0 Å². The van der Waals surface area contributed by atoms with E-state index in [-0.39, 0.29) is 5.69 Å². The molecule has 0 aromatic heterocycles. The summed E-state index contributed by atoms with van der Waals surface area (Å²) in [5.41, 5.74) is 1.55. The Kier molecular flexibility index (Phi) is 4.86. The van der Waals surface area contributed by atoms with Crippen molar-refractivity contribution in [2.75, 3.05) is 5.32 Å². The van der Waals surface area contributed by atoms with Crippen molar-refractivity contribution in [2.24, 2.45) is 0 Å². The van der Waals surface area contributed by atoms with Crippen molar-refractivity contribution < 1.29 is 4.92 Å². The van der Waals surface area contributed by atoms with E-state index in [4.69, 9.17) is 23.2 Å². The molecule has 0 atom stereocenters. The van der Waals surface area contributed by atoms with Gasteiger partial charge in [-0.1, -0.05) is 45.2 Å². The number of halogens is 3. The zero-order valence-electron chi connectivity index (χ0n) is 10.1. The van der Waals surface area contributed by atoms with E-state index >= 15 is 0 Å². The van der Waals surface area contributed by atoms with Gasteiger partial charge in [0.25, 0.3) is 5.69 Å². The van der Waals surface area contributed by atoms with Gasteiger partial charge < -0.3 is 5.32 Å². The van der Waals surface area contributed by atoms with Crippen LogP contribution < -0.4 is 5.32 Å². The maximum atomic E-state index is 10.7. The van der Waals surface area contributed by atoms with E-state index in [1.54, 1.807) is 24.3 Å². The first-order valence-electron chi connectivity index (χ1n) is 5.59. The van der Waals surface area contributed by atoms with Gasteiger partial charge in [-0.2, -0.15) is 0 Å². The number of nitrogens with zero attached hydrogens (tertiary/aromatic N) is 1. The Hall–Kier alpha value is -1.30. The Morgan fingerprint density at radius 3 is 2.40 bits per heavy atom. The molecule has 104 valence electrons. The van der Waals surface area contributed by atoms with E-state index in [1.165, 1.54) is 12.1 Å². The number of nitro benzene ring substituents is 1. The maximum Gasteiger partial charge on any atom is 0.270 e. The number of non-ortho nitro benzene ring substituents is 1. The molecule has 1 N–H and O–H groups in total. The normalized spacial score (nSPS) is 10.3. The molecule has 0 spiro atoms. The topological polar surface area (TPSA) is 55.2 Å². The Morgan fingerprint density at radius 1 is 1.20 bits per heavy atom. The standard InChI is InChI=1S/C13H9BrCl2N2O2/c14-10-6-9(18(19)20)5-4-8(10)7-17-13-11(15)2-1-3-12(13)16/h1-6,17H,7H2. The number of nitrogens with one attached hydrogen (secondary N) is 1. The van der Waals surface area contributed by atoms with Gasteiger partial charge in [0.2, 0.25) is 0 Å². The summed E-state index contributed by atoms with van der Waals surface area (Å²) in [4.78, 5) is 10.2. The molecule has 0 heterocycles. The minimum atomic E-state index is -0.438. The number of hydrogen-bond donors (Lipinski definition) is 1. The summed E-state index contributed by atoms with van der Waals surface area (Å²) in [7, 11) is 0. The highest BCUT2D eigenvalue weighted by atomic mass is 79.9. The second-order valence-electron chi connectivity index (χ2n) is 3.98. The van der Waals surface area contributed by atoms with E-state index < -0.39 is 4.92 Å². The van der Waals surface area contributed by atoms with Gasteiger partial charge in [0.1, 0.15) is 0 Å². The SMILES string of the molecule is O=[N+]([O-])c1ccc(CNc2c(Cl)cccc2Cl)c(Br)c1. The smallest absolute Gasteiger partial charge is 0.270 e. The molecule has 0 amide bonds. The van der Waals surface area contributed by atoms with Gasteiger partial charge in [-0.3, -0.25) is 10.1 Å². The lowest BCUT2D eigenvalue weighted by Gasteiger charge is -2.11. The van der Waals surface area contributed by atoms with Crippen molar-refractivity contribution in [3.63, 3.8) is 0 Å². The first-order valence-corrected chi connectivity index (χ1v) is 7.14. The maximum absolute atomic E-state index is 10.7. The summed E-state index contributed by atoms with van der Waals surface area (Å²) >= 11 is 15.4. The summed E-state index contributed by atoms with van der Waals surface area (Å²) in [6, 6.07) is 9.83. The van der Waals surface area contributed by atoms with Gasteiger partial charge in [-0.25, -0.2) is 0 Å². The van der Waals surface area contributed by atoms with Crippen LogP contribution in [-0.2, 0) is 6.54 Å². The summed E-state index contributed by atoms with van der Waals surface area (Å²) in [6.07, 6.45) is 0. The van der Waals surface area contributed by atoms with Gasteiger partial charge in [0, 0.05) is 23.2 Å². The van der Waals surface area contributed by atoms with Crippen LogP contribution in [0.25, 0.3) is 0 Å². The van der Waals surface area contributed by atoms with Crippen LogP contribution in [-0.4, -0.2) is 4.92 Å². The van der Waals surface area contributed by atoms with E-state index in [0.29, 0.717) is 26.8 Å². The van der Waals surface area contributed by atoms with Gasteiger partial charge in [-0.05, 0) is 23.8 Å². The van der Waals surface area contributed by atoms with Gasteiger partial charge in [0.15, 0.2) is 0 Å². The van der Waals surface area contributed by atoms with Crippen LogP contribution in [0.1, 0.15) is 5.56 Å². The number of nitro groups is 1. The zero-order chi connectivity index (χ0) is 14.7. The Labute approximate surface area is 134 Å². The summed E-state index contributed by atoms with van der Waals surface area (Å²) in [6.45, 7) is 0.446. The van der Waals surface area contributed by atoms with E-state index in [2.05, 4.69) is 21.2 Å². The highest BCUT2D eigenvalue weighted by Gasteiger charge is 2.10. The third kappa shape index (κ3) is 3.42. The van der Waals surface area contributed by atoms with E-state index in [0.717, 1.165) is 5.56 Å². The molecule has 0 saturated heterocycles. The molecule has 7 heteroatoms. The van der Waals surface area contributed by atoms with Crippen LogP contribution in [0, 0.1) is 10.1 Å². The first kappa shape index (κ1) is 15.1. The average molecular weight is 376 g/mol. The third-order valence-electron chi connectivity index (χ3n) is 2.67. The van der Waals surface area contributed by atoms with Crippen molar-refractivity contribution in [1.82, 2.24) is 0 Å². The average Bonchev–Trinajstić information content (AvgIpc) is 2.39. The lowest BCUT2D eigenvalue weighted by atomic mass is 10.2. The molecule has 0 aliphatic rings. The number of hydrogen-bond acceptors (Lipinski definition) is 3. The molecule has 0 bridgehead atoms. The van der Waals surface area contributed by atoms with Crippen molar-refractivity contribution in [2.45, 2.75) is 6.54 Å². The van der Waals surface area contributed by atoms with Gasteiger partial charge in [0.05, 0.1) is 20.7 Å². The second kappa shape index (κ2) is 6.43. The Morgan fingerprint density at radius 2 is 1.85 bits per heavy atom. The lowest BCUT2D eigenvalue weighted by Crippen LogP contribution is -2.02. The van der Waals surface area contributed by atoms with Crippen molar-refractivity contribution in [3.05, 3.63) is 66.6 Å². The fourth-order valence-corrected chi connectivity index (χ4v) is 2.68. The monoisotopic (exact) mass is 374 g/mol. The highest BCUT2D eigenvalue weighted by Crippen LogP contribution is 2.31. The molecule has 0 saturated carbocycles. The van der Waals surface area contributed by atoms with Crippen molar-refractivity contribution in [1.29, 1.82) is 0 Å². The quantitative estimate of drug-likeness (QED) is 0.584. The molecule has 4 nitrogen and oxygen atoms in total. The van der Waals surface area contributed by atoms with Gasteiger partial charge >= 0.3 is 0 Å². The van der Waals surface area contributed by atoms with Crippen molar-refractivity contribution in [3.8, 4) is 0 Å². The lowest BCUT2D eigenvalue weighted by molar-refractivity contribution is -0.384. The van der Waals surface area contributed by atoms with Crippen LogP contribution in [0.5, 0.6) is 0 Å². The molecule has 2 rings (SSSR count). The van der Waals surface area contributed by atoms with Crippen LogP contribution >= 0.6 is 39.1 Å². The predicted octanol–water partition coefficient (Wildman–Crippen LogP) is 5.28. The number of anilines is 1. The molecule has 0 aliphatic heterocycles. The zero-order valence-corrected chi connectivity index (χ0v) is 13.2. The fraction of sp³-hybridized carbons (Fsp3) is 0.0769. The molecular weight excluding hydrogens is 367 g/mol. The predicted molar refractivity (Wildman–Crippen MR) is 84.6 cm³/mol. The van der Waals surface area contributed by atoms with Crippen molar-refractivity contribution >= 4 is 50.5 Å². The molecular formula is C13H9BrCl2N2O2. The molecule has 20 heavy (non-hydrogen) atoms. The summed E-state index contributed by atoms with van der Waals surface area (Å²) in [5.74, 6) is 0. The largest absolute Gasteiger partial charge is 0.379 e. The van der Waals surface area contributed by atoms with E-state index in [1.807, 2.05) is 0 Å². The number of para-hydroxylation sites is 1. The molecule has 2 aromatic rings. The van der Waals surface area contributed by atoms with E-state index in [9.17, 15) is 10.1 Å². The molecule has 0 unspecified atom stereocenters. The second-order valence-corrected chi connectivity index (χ2v) is 5.65. The van der Waals surface area contributed by atoms with Crippen LogP contribution in [0.2, 0.25) is 10.0 Å². The van der Waals surface area contributed by atoms with Crippen LogP contribution in [0.4, 0.5) is 11.4 Å². The Balaban J connectivity index is 2.17. The fourth-order valence-electron chi connectivity index (χ4n) is 1.64. The third-order valence-corrected chi connectivity index (χ3v) is 4.03. The first-order chi connectivity index (χ1) is 9.49. The molecule has 0 radical (unpaired) electrons. The minimum Gasteiger partial charge on any atom is -0.379 e. The Bertz CT molecular complexity index is 645. The molecule has 0 fully saturated rings. The molecule has 0 aliphatic carbocycles. The minimum absolute atomic E-state index is 0.0383. The number of rotatable bonds is 4. The molecule has 2 aromatic carbocycles. The highest BCUT2D eigenvalue weighted by molar-refractivity contribution is 9.10. The van der Waals surface area contributed by atoms with Crippen LogP contribution in [0.15, 0.2) is 40.9 Å². The summed E-state index contributed by atoms with van der Waals surface area (Å²) < 4.78 is 0.655. The summed E-state index contributed by atoms with van der Waals surface area (Å²) in [5, 5.41) is 14.8. The van der Waals surface area contributed by atoms with Gasteiger partial charge in [-0.15, -0.1) is 0 Å².